The number of carbonyl (C=O) groups is 1. The second-order valence-corrected chi connectivity index (χ2v) is 4.67. The maximum Gasteiger partial charge on any atom is 0.254 e. The summed E-state index contributed by atoms with van der Waals surface area (Å²) in [5.74, 6) is 2.59. The summed E-state index contributed by atoms with van der Waals surface area (Å²) in [5, 5.41) is 0.335. The van der Waals surface area contributed by atoms with E-state index >= 15 is 0 Å². The van der Waals surface area contributed by atoms with E-state index in [1.54, 1.807) is 17.0 Å². The zero-order chi connectivity index (χ0) is 13.7. The maximum absolute atomic E-state index is 12.2. The molecule has 0 spiro atoms. The third kappa shape index (κ3) is 3.48. The zero-order valence-electron chi connectivity index (χ0n) is 10.9. The predicted molar refractivity (Wildman–Crippen MR) is 73.7 cm³/mol. The van der Waals surface area contributed by atoms with E-state index in [0.717, 1.165) is 5.69 Å². The minimum absolute atomic E-state index is 0.110. The van der Waals surface area contributed by atoms with Crippen LogP contribution in [0.1, 0.15) is 42.7 Å². The molecule has 1 rings (SSSR count). The number of terminal acetylenes is 1. The van der Waals surface area contributed by atoms with Gasteiger partial charge in [0.1, 0.15) is 5.15 Å². The van der Waals surface area contributed by atoms with Crippen molar-refractivity contribution < 1.29 is 4.79 Å². The van der Waals surface area contributed by atoms with E-state index in [-0.39, 0.29) is 11.8 Å². The van der Waals surface area contributed by atoms with Crippen LogP contribution in [0.4, 0.5) is 0 Å². The molecule has 1 aromatic heterocycles. The molecule has 0 aliphatic rings. The summed E-state index contributed by atoms with van der Waals surface area (Å²) in [5.41, 5.74) is 1.35. The molecular formula is C14H17ClN2O. The summed E-state index contributed by atoms with van der Waals surface area (Å²) in [6.45, 7) is 6.77. The molecule has 0 atom stereocenters. The lowest BCUT2D eigenvalue weighted by Gasteiger charge is -2.18. The van der Waals surface area contributed by atoms with Gasteiger partial charge in [0, 0.05) is 17.8 Å². The molecule has 18 heavy (non-hydrogen) atoms. The van der Waals surface area contributed by atoms with E-state index in [4.69, 9.17) is 18.0 Å². The lowest BCUT2D eigenvalue weighted by atomic mass is 10.1. The smallest absolute Gasteiger partial charge is 0.254 e. The number of hydrogen-bond donors (Lipinski definition) is 0. The topological polar surface area (TPSA) is 33.2 Å². The number of halogens is 1. The Balaban J connectivity index is 3.09. The molecule has 0 radical (unpaired) electrons. The molecule has 3 nitrogen and oxygen atoms in total. The molecule has 0 saturated heterocycles. The Bertz CT molecular complexity index is 477. The second-order valence-electron chi connectivity index (χ2n) is 4.28. The fourth-order valence-electron chi connectivity index (χ4n) is 1.56. The van der Waals surface area contributed by atoms with Crippen LogP contribution in [0.5, 0.6) is 0 Å². The Hall–Kier alpha value is -1.53. The van der Waals surface area contributed by atoms with Crippen LogP contribution in [0.25, 0.3) is 0 Å². The molecule has 0 fully saturated rings. The number of nitrogens with zero attached hydrogens (tertiary/aromatic N) is 2. The zero-order valence-corrected chi connectivity index (χ0v) is 11.7. The number of rotatable bonds is 4. The molecule has 1 aromatic rings. The molecule has 0 bridgehead atoms. The predicted octanol–water partition coefficient (Wildman–Crippen LogP) is 2.95. The van der Waals surface area contributed by atoms with Gasteiger partial charge in [0.25, 0.3) is 5.91 Å². The Morgan fingerprint density at radius 3 is 2.72 bits per heavy atom. The van der Waals surface area contributed by atoms with Crippen LogP contribution in [0.2, 0.25) is 5.15 Å². The summed E-state index contributed by atoms with van der Waals surface area (Å²) < 4.78 is 0. The molecule has 0 aromatic carbocycles. The van der Waals surface area contributed by atoms with Crippen LogP contribution < -0.4 is 0 Å². The third-order valence-electron chi connectivity index (χ3n) is 2.60. The van der Waals surface area contributed by atoms with E-state index in [1.807, 2.05) is 20.8 Å². The van der Waals surface area contributed by atoms with Crippen molar-refractivity contribution in [3.63, 3.8) is 0 Å². The van der Waals surface area contributed by atoms with E-state index in [1.165, 1.54) is 0 Å². The highest BCUT2D eigenvalue weighted by Gasteiger charge is 2.16. The highest BCUT2D eigenvalue weighted by molar-refractivity contribution is 6.29. The van der Waals surface area contributed by atoms with Gasteiger partial charge in [-0.15, -0.1) is 6.42 Å². The number of carbonyl (C=O) groups excluding carboxylic acids is 1. The minimum Gasteiger partial charge on any atom is -0.328 e. The van der Waals surface area contributed by atoms with Gasteiger partial charge in [0.2, 0.25) is 0 Å². The van der Waals surface area contributed by atoms with E-state index < -0.39 is 0 Å². The van der Waals surface area contributed by atoms with Crippen molar-refractivity contribution in [3.8, 4) is 12.3 Å². The first kappa shape index (κ1) is 14.5. The van der Waals surface area contributed by atoms with Gasteiger partial charge < -0.3 is 4.90 Å². The van der Waals surface area contributed by atoms with Crippen LogP contribution in [0.3, 0.4) is 0 Å². The Morgan fingerprint density at radius 2 is 2.22 bits per heavy atom. The largest absolute Gasteiger partial charge is 0.328 e. The highest BCUT2D eigenvalue weighted by atomic mass is 35.5. The van der Waals surface area contributed by atoms with Crippen molar-refractivity contribution in [2.75, 3.05) is 13.1 Å². The Kier molecular flexibility index (Phi) is 5.18. The van der Waals surface area contributed by atoms with Crippen molar-refractivity contribution in [1.29, 1.82) is 0 Å². The van der Waals surface area contributed by atoms with Crippen molar-refractivity contribution >= 4 is 17.5 Å². The molecule has 4 heteroatoms. The molecule has 1 amide bonds. The van der Waals surface area contributed by atoms with Gasteiger partial charge in [-0.25, -0.2) is 4.98 Å². The fraction of sp³-hybridized carbons (Fsp3) is 0.429. The van der Waals surface area contributed by atoms with Gasteiger partial charge in [-0.3, -0.25) is 4.79 Å². The first-order chi connectivity index (χ1) is 8.49. The van der Waals surface area contributed by atoms with Crippen molar-refractivity contribution in [1.82, 2.24) is 9.88 Å². The van der Waals surface area contributed by atoms with Gasteiger partial charge in [-0.05, 0) is 25.0 Å². The van der Waals surface area contributed by atoms with Gasteiger partial charge in [0.15, 0.2) is 0 Å². The molecule has 0 aliphatic heterocycles. The van der Waals surface area contributed by atoms with Gasteiger partial charge >= 0.3 is 0 Å². The summed E-state index contributed by atoms with van der Waals surface area (Å²) in [4.78, 5) is 18.0. The minimum atomic E-state index is -0.110. The van der Waals surface area contributed by atoms with Gasteiger partial charge in [-0.2, -0.15) is 0 Å². The van der Waals surface area contributed by atoms with Crippen molar-refractivity contribution in [2.24, 2.45) is 0 Å². The first-order valence-corrected chi connectivity index (χ1v) is 6.27. The molecule has 1 heterocycles. The molecular weight excluding hydrogens is 248 g/mol. The maximum atomic E-state index is 12.2. The SMILES string of the molecule is C#CCN(CC)C(=O)c1cc(Cl)nc(C(C)C)c1. The van der Waals surface area contributed by atoms with Crippen LogP contribution in [-0.4, -0.2) is 28.9 Å². The normalized spacial score (nSPS) is 10.2. The first-order valence-electron chi connectivity index (χ1n) is 5.89. The summed E-state index contributed by atoms with van der Waals surface area (Å²) in [6, 6.07) is 3.35. The quantitative estimate of drug-likeness (QED) is 0.619. The average molecular weight is 265 g/mol. The number of hydrogen-bond acceptors (Lipinski definition) is 2. The fourth-order valence-corrected chi connectivity index (χ4v) is 1.77. The van der Waals surface area contributed by atoms with Crippen LogP contribution in [0.15, 0.2) is 12.1 Å². The summed E-state index contributed by atoms with van der Waals surface area (Å²) in [6.07, 6.45) is 5.25. The standard InChI is InChI=1S/C14H17ClN2O/c1-5-7-17(6-2)14(18)11-8-12(10(3)4)16-13(15)9-11/h1,8-10H,6-7H2,2-4H3. The molecule has 96 valence electrons. The molecule has 0 unspecified atom stereocenters. The lowest BCUT2D eigenvalue weighted by Crippen LogP contribution is -2.31. The van der Waals surface area contributed by atoms with Crippen LogP contribution >= 0.6 is 11.6 Å². The second kappa shape index (κ2) is 6.42. The van der Waals surface area contributed by atoms with Crippen LogP contribution in [-0.2, 0) is 0 Å². The van der Waals surface area contributed by atoms with Gasteiger partial charge in [0.05, 0.1) is 6.54 Å². The third-order valence-corrected chi connectivity index (χ3v) is 2.80. The average Bonchev–Trinajstić information content (AvgIpc) is 2.34. The van der Waals surface area contributed by atoms with Crippen molar-refractivity contribution in [2.45, 2.75) is 26.7 Å². The Labute approximate surface area is 113 Å². The molecule has 0 aliphatic carbocycles. The number of pyridine rings is 1. The summed E-state index contributed by atoms with van der Waals surface area (Å²) >= 11 is 5.94. The van der Waals surface area contributed by atoms with Gasteiger partial charge in [-0.1, -0.05) is 31.4 Å². The molecule has 0 saturated carbocycles. The number of aromatic nitrogens is 1. The van der Waals surface area contributed by atoms with E-state index in [0.29, 0.717) is 23.8 Å². The molecule has 0 N–H and O–H groups in total. The van der Waals surface area contributed by atoms with Crippen molar-refractivity contribution in [3.05, 3.63) is 28.5 Å². The highest BCUT2D eigenvalue weighted by Crippen LogP contribution is 2.18. The monoisotopic (exact) mass is 264 g/mol. The number of amides is 1. The Morgan fingerprint density at radius 1 is 1.56 bits per heavy atom. The van der Waals surface area contributed by atoms with E-state index in [9.17, 15) is 4.79 Å². The summed E-state index contributed by atoms with van der Waals surface area (Å²) in [7, 11) is 0. The van der Waals surface area contributed by atoms with Crippen LogP contribution in [0, 0.1) is 12.3 Å². The lowest BCUT2D eigenvalue weighted by molar-refractivity contribution is 0.0784. The van der Waals surface area contributed by atoms with E-state index in [2.05, 4.69) is 10.9 Å².